The van der Waals surface area contributed by atoms with Crippen molar-refractivity contribution in [2.45, 2.75) is 57.5 Å². The standard InChI is InChI=1S/C14H29N3O3/c1-5-20-13(19)14(2,17-4)10-8-6-7-9-11(16-3)12(15)18/h11,16-17H,5-10H2,1-4H3,(H2,15,18). The molecule has 0 aromatic rings. The molecular weight excluding hydrogens is 258 g/mol. The van der Waals surface area contributed by atoms with Crippen molar-refractivity contribution in [3.8, 4) is 0 Å². The number of esters is 1. The van der Waals surface area contributed by atoms with Crippen LogP contribution in [0.5, 0.6) is 0 Å². The molecule has 2 unspecified atom stereocenters. The SMILES string of the molecule is CCOC(=O)C(C)(CCCCCC(NC)C(N)=O)NC. The average Bonchev–Trinajstić information content (AvgIpc) is 2.42. The van der Waals surface area contributed by atoms with E-state index in [1.165, 1.54) is 0 Å². The van der Waals surface area contributed by atoms with E-state index in [0.29, 0.717) is 13.0 Å². The summed E-state index contributed by atoms with van der Waals surface area (Å²) in [7, 11) is 3.50. The molecule has 118 valence electrons. The molecular formula is C14H29N3O3. The maximum Gasteiger partial charge on any atom is 0.326 e. The van der Waals surface area contributed by atoms with Crippen molar-refractivity contribution in [1.82, 2.24) is 10.6 Å². The van der Waals surface area contributed by atoms with Gasteiger partial charge in [-0.05, 0) is 40.8 Å². The summed E-state index contributed by atoms with van der Waals surface area (Å²) < 4.78 is 5.07. The van der Waals surface area contributed by atoms with E-state index < -0.39 is 5.54 Å². The number of hydrogen-bond donors (Lipinski definition) is 3. The number of unbranched alkanes of at least 4 members (excludes halogenated alkanes) is 2. The highest BCUT2D eigenvalue weighted by atomic mass is 16.5. The number of nitrogens with two attached hydrogens (primary N) is 1. The summed E-state index contributed by atoms with van der Waals surface area (Å²) in [5, 5.41) is 5.92. The van der Waals surface area contributed by atoms with Crippen LogP contribution in [-0.4, -0.2) is 44.2 Å². The summed E-state index contributed by atoms with van der Waals surface area (Å²) in [5.74, 6) is -0.535. The van der Waals surface area contributed by atoms with Crippen LogP contribution in [0.25, 0.3) is 0 Å². The minimum absolute atomic E-state index is 0.215. The van der Waals surface area contributed by atoms with Crippen LogP contribution in [0.15, 0.2) is 0 Å². The molecule has 0 aliphatic carbocycles. The van der Waals surface area contributed by atoms with E-state index in [2.05, 4.69) is 10.6 Å². The maximum atomic E-state index is 11.8. The fourth-order valence-corrected chi connectivity index (χ4v) is 2.05. The largest absolute Gasteiger partial charge is 0.465 e. The molecule has 0 aliphatic heterocycles. The Hall–Kier alpha value is -1.14. The van der Waals surface area contributed by atoms with E-state index in [-0.39, 0.29) is 17.9 Å². The second-order valence-electron chi connectivity index (χ2n) is 5.15. The number of carbonyl (C=O) groups excluding carboxylic acids is 2. The van der Waals surface area contributed by atoms with Gasteiger partial charge in [0.05, 0.1) is 12.6 Å². The lowest BCUT2D eigenvalue weighted by Gasteiger charge is -2.26. The number of rotatable bonds is 11. The highest BCUT2D eigenvalue weighted by Crippen LogP contribution is 2.17. The van der Waals surface area contributed by atoms with Crippen LogP contribution in [0.1, 0.15) is 46.0 Å². The van der Waals surface area contributed by atoms with Crippen molar-refractivity contribution < 1.29 is 14.3 Å². The summed E-state index contributed by atoms with van der Waals surface area (Å²) >= 11 is 0. The van der Waals surface area contributed by atoms with E-state index in [1.54, 1.807) is 21.0 Å². The predicted octanol–water partition coefficient (Wildman–Crippen LogP) is 0.551. The number of carbonyl (C=O) groups is 2. The smallest absolute Gasteiger partial charge is 0.326 e. The Labute approximate surface area is 121 Å². The van der Waals surface area contributed by atoms with E-state index in [4.69, 9.17) is 10.5 Å². The minimum Gasteiger partial charge on any atom is -0.465 e. The number of amides is 1. The zero-order chi connectivity index (χ0) is 15.6. The van der Waals surface area contributed by atoms with Crippen LogP contribution in [0.2, 0.25) is 0 Å². The van der Waals surface area contributed by atoms with Crippen LogP contribution in [0.3, 0.4) is 0 Å². The number of likely N-dealkylation sites (N-methyl/N-ethyl adjacent to an activating group) is 2. The first-order chi connectivity index (χ1) is 9.41. The van der Waals surface area contributed by atoms with Gasteiger partial charge in [0.2, 0.25) is 5.91 Å². The van der Waals surface area contributed by atoms with Crippen LogP contribution in [0, 0.1) is 0 Å². The summed E-state index contributed by atoms with van der Waals surface area (Å²) in [6.45, 7) is 4.04. The van der Waals surface area contributed by atoms with Gasteiger partial charge in [0.15, 0.2) is 0 Å². The highest BCUT2D eigenvalue weighted by molar-refractivity contribution is 5.80. The van der Waals surface area contributed by atoms with Gasteiger partial charge in [0.25, 0.3) is 0 Å². The van der Waals surface area contributed by atoms with Crippen molar-refractivity contribution >= 4 is 11.9 Å². The number of nitrogens with one attached hydrogen (secondary N) is 2. The lowest BCUT2D eigenvalue weighted by atomic mass is 9.94. The number of hydrogen-bond acceptors (Lipinski definition) is 5. The predicted molar refractivity (Wildman–Crippen MR) is 79.2 cm³/mol. The summed E-state index contributed by atoms with van der Waals surface area (Å²) in [6, 6.07) is -0.268. The van der Waals surface area contributed by atoms with E-state index >= 15 is 0 Å². The molecule has 0 saturated heterocycles. The third-order valence-electron chi connectivity index (χ3n) is 3.64. The van der Waals surface area contributed by atoms with Crippen molar-refractivity contribution in [1.29, 1.82) is 0 Å². The maximum absolute atomic E-state index is 11.8. The third kappa shape index (κ3) is 6.34. The Kier molecular flexibility index (Phi) is 9.16. The second kappa shape index (κ2) is 9.72. The zero-order valence-electron chi connectivity index (χ0n) is 13.1. The van der Waals surface area contributed by atoms with Crippen LogP contribution in [0.4, 0.5) is 0 Å². The van der Waals surface area contributed by atoms with Gasteiger partial charge in [0, 0.05) is 0 Å². The Morgan fingerprint density at radius 3 is 2.35 bits per heavy atom. The third-order valence-corrected chi connectivity index (χ3v) is 3.64. The van der Waals surface area contributed by atoms with Crippen LogP contribution < -0.4 is 16.4 Å². The lowest BCUT2D eigenvalue weighted by Crippen LogP contribution is -2.48. The molecule has 20 heavy (non-hydrogen) atoms. The van der Waals surface area contributed by atoms with Gasteiger partial charge in [-0.3, -0.25) is 9.59 Å². The summed E-state index contributed by atoms with van der Waals surface area (Å²) in [6.07, 6.45) is 4.18. The first kappa shape index (κ1) is 18.9. The Bertz CT molecular complexity index is 310. The molecule has 0 aromatic heterocycles. The first-order valence-corrected chi connectivity index (χ1v) is 7.24. The minimum atomic E-state index is -0.637. The lowest BCUT2D eigenvalue weighted by molar-refractivity contribution is -0.150. The molecule has 0 fully saturated rings. The van der Waals surface area contributed by atoms with E-state index in [1.807, 2.05) is 6.92 Å². The monoisotopic (exact) mass is 287 g/mol. The Morgan fingerprint density at radius 2 is 1.90 bits per heavy atom. The highest BCUT2D eigenvalue weighted by Gasteiger charge is 2.32. The van der Waals surface area contributed by atoms with Crippen molar-refractivity contribution in [2.24, 2.45) is 5.73 Å². The molecule has 2 atom stereocenters. The summed E-state index contributed by atoms with van der Waals surface area (Å²) in [5.41, 5.74) is 4.62. The summed E-state index contributed by atoms with van der Waals surface area (Å²) in [4.78, 5) is 22.9. The van der Waals surface area contributed by atoms with Crippen molar-refractivity contribution in [2.75, 3.05) is 20.7 Å². The molecule has 0 saturated carbocycles. The molecule has 0 bridgehead atoms. The molecule has 6 nitrogen and oxygen atoms in total. The number of ether oxygens (including phenoxy) is 1. The molecule has 0 aliphatic rings. The molecule has 1 amide bonds. The first-order valence-electron chi connectivity index (χ1n) is 7.24. The van der Waals surface area contributed by atoms with Gasteiger partial charge in [-0.25, -0.2) is 0 Å². The molecule has 4 N–H and O–H groups in total. The molecule has 0 heterocycles. The van der Waals surface area contributed by atoms with Gasteiger partial charge in [-0.15, -0.1) is 0 Å². The van der Waals surface area contributed by atoms with E-state index in [9.17, 15) is 9.59 Å². The topological polar surface area (TPSA) is 93.4 Å². The fourth-order valence-electron chi connectivity index (χ4n) is 2.05. The van der Waals surface area contributed by atoms with Gasteiger partial charge in [0.1, 0.15) is 5.54 Å². The van der Waals surface area contributed by atoms with Crippen LogP contribution in [-0.2, 0) is 14.3 Å². The molecule has 0 aromatic carbocycles. The normalized spacial score (nSPS) is 15.4. The molecule has 6 heteroatoms. The fraction of sp³-hybridized carbons (Fsp3) is 0.857. The van der Waals surface area contributed by atoms with Gasteiger partial charge in [-0.2, -0.15) is 0 Å². The van der Waals surface area contributed by atoms with Crippen molar-refractivity contribution in [3.63, 3.8) is 0 Å². The second-order valence-corrected chi connectivity index (χ2v) is 5.15. The Morgan fingerprint density at radius 1 is 1.25 bits per heavy atom. The molecule has 0 spiro atoms. The molecule has 0 radical (unpaired) electrons. The van der Waals surface area contributed by atoms with E-state index in [0.717, 1.165) is 25.7 Å². The Balaban J connectivity index is 4.02. The van der Waals surface area contributed by atoms with Crippen molar-refractivity contribution in [3.05, 3.63) is 0 Å². The van der Waals surface area contributed by atoms with Gasteiger partial charge < -0.3 is 21.1 Å². The van der Waals surface area contributed by atoms with Gasteiger partial charge in [-0.1, -0.05) is 19.3 Å². The molecule has 0 rings (SSSR count). The quantitative estimate of drug-likeness (QED) is 0.381. The zero-order valence-corrected chi connectivity index (χ0v) is 13.1. The number of primary amides is 1. The average molecular weight is 287 g/mol. The van der Waals surface area contributed by atoms with Crippen LogP contribution >= 0.6 is 0 Å². The van der Waals surface area contributed by atoms with Gasteiger partial charge >= 0.3 is 5.97 Å².